The van der Waals surface area contributed by atoms with Gasteiger partial charge in [-0.15, -0.1) is 0 Å². The van der Waals surface area contributed by atoms with Gasteiger partial charge in [-0.05, 0) is 74.1 Å². The van der Waals surface area contributed by atoms with E-state index in [0.29, 0.717) is 11.5 Å². The van der Waals surface area contributed by atoms with E-state index in [9.17, 15) is 14.4 Å². The van der Waals surface area contributed by atoms with Crippen molar-refractivity contribution < 1.29 is 37.0 Å². The number of carbonyl (C=O) groups is 3. The summed E-state index contributed by atoms with van der Waals surface area (Å²) < 4.78 is 55.8. The highest BCUT2D eigenvalue weighted by Crippen LogP contribution is 2.51. The van der Waals surface area contributed by atoms with Crippen molar-refractivity contribution in [1.82, 2.24) is 10.2 Å². The number of benzene rings is 2. The van der Waals surface area contributed by atoms with Gasteiger partial charge in [0.2, 0.25) is 5.54 Å². The number of amides is 2. The predicted octanol–water partition coefficient (Wildman–Crippen LogP) is 5.24. The van der Waals surface area contributed by atoms with Crippen LogP contribution in [-0.2, 0) is 16.0 Å². The van der Waals surface area contributed by atoms with Crippen LogP contribution in [0.15, 0.2) is 59.8 Å². The van der Waals surface area contributed by atoms with Crippen LogP contribution >= 0.6 is 0 Å². The Balaban J connectivity index is 1.73. The number of hydrogen-bond acceptors (Lipinski definition) is 5. The Labute approximate surface area is 231 Å². The molecule has 2 aliphatic rings. The van der Waals surface area contributed by atoms with Gasteiger partial charge >= 0.3 is 6.18 Å². The maximum Gasteiger partial charge on any atom is 0.425 e. The van der Waals surface area contributed by atoms with Crippen molar-refractivity contribution in [1.29, 1.82) is 0 Å². The maximum atomic E-state index is 15.0. The van der Waals surface area contributed by atoms with E-state index in [1.165, 1.54) is 31.4 Å². The van der Waals surface area contributed by atoms with E-state index in [0.717, 1.165) is 10.5 Å². The molecule has 0 aromatic heterocycles. The van der Waals surface area contributed by atoms with Gasteiger partial charge in [-0.1, -0.05) is 26.0 Å². The number of alkyl halides is 3. The first kappa shape index (κ1) is 29.2. The lowest BCUT2D eigenvalue weighted by Crippen LogP contribution is -2.66. The third kappa shape index (κ3) is 5.44. The van der Waals surface area contributed by atoms with Crippen LogP contribution in [0.4, 0.5) is 13.2 Å². The molecule has 1 aliphatic carbocycles. The van der Waals surface area contributed by atoms with Crippen molar-refractivity contribution >= 4 is 17.6 Å². The van der Waals surface area contributed by atoms with Crippen molar-refractivity contribution in [3.05, 3.63) is 70.9 Å². The number of hydrogen-bond donors (Lipinski definition) is 1. The van der Waals surface area contributed by atoms with Gasteiger partial charge < -0.3 is 19.7 Å². The second-order valence-corrected chi connectivity index (χ2v) is 11.2. The maximum absolute atomic E-state index is 15.0. The van der Waals surface area contributed by atoms with Crippen LogP contribution in [0.5, 0.6) is 11.5 Å². The number of Topliss-reactive ketones (excluding diaryl/α,β-unsaturated/α-hetero) is 1. The molecule has 0 radical (unpaired) electrons. The molecule has 0 bridgehead atoms. The highest BCUT2D eigenvalue weighted by atomic mass is 19.4. The summed E-state index contributed by atoms with van der Waals surface area (Å²) in [7, 11) is 1.52. The minimum Gasteiger partial charge on any atom is -0.497 e. The molecule has 2 aromatic carbocycles. The van der Waals surface area contributed by atoms with Gasteiger partial charge in [-0.25, -0.2) is 0 Å². The van der Waals surface area contributed by atoms with Gasteiger partial charge in [0.25, 0.3) is 11.8 Å². The number of allylic oxidation sites excluding steroid dienone is 1. The molecule has 4 rings (SSSR count). The summed E-state index contributed by atoms with van der Waals surface area (Å²) in [5, 5.41) is 1.97. The summed E-state index contributed by atoms with van der Waals surface area (Å²) in [6.07, 6.45) is -5.27. The first-order chi connectivity index (χ1) is 18.7. The zero-order valence-electron chi connectivity index (χ0n) is 23.1. The molecule has 0 fully saturated rings. The molecular weight excluding hydrogens is 525 g/mol. The standard InChI is InChI=1S/C30H33F3N2O5/c1-18(2)40-22-12-8-20(9-13-22)26(37)34-29(30(31,32)33)25-23(16-28(3,4)17-24(25)36)35(27(29)38)15-14-19-6-10-21(39-5)11-7-19/h6-13,18H,14-17H2,1-5H3,(H,34,37). The van der Waals surface area contributed by atoms with E-state index in [4.69, 9.17) is 9.47 Å². The summed E-state index contributed by atoms with van der Waals surface area (Å²) in [5.41, 5.74) is -4.15. The average molecular weight is 559 g/mol. The molecule has 0 saturated carbocycles. The van der Waals surface area contributed by atoms with Gasteiger partial charge in [0, 0.05) is 24.2 Å². The Morgan fingerprint density at radius 1 is 1.00 bits per heavy atom. The quantitative estimate of drug-likeness (QED) is 0.479. The van der Waals surface area contributed by atoms with Crippen molar-refractivity contribution in [2.45, 2.75) is 64.8 Å². The van der Waals surface area contributed by atoms with E-state index in [2.05, 4.69) is 0 Å². The molecule has 1 N–H and O–H groups in total. The van der Waals surface area contributed by atoms with Gasteiger partial charge in [-0.3, -0.25) is 14.4 Å². The minimum atomic E-state index is -5.27. The third-order valence-corrected chi connectivity index (χ3v) is 7.12. The molecule has 10 heteroatoms. The van der Waals surface area contributed by atoms with Crippen LogP contribution in [0.1, 0.15) is 56.5 Å². The lowest BCUT2D eigenvalue weighted by Gasteiger charge is -2.35. The van der Waals surface area contributed by atoms with E-state index in [-0.39, 0.29) is 43.2 Å². The smallest absolute Gasteiger partial charge is 0.425 e. The van der Waals surface area contributed by atoms with Crippen LogP contribution in [0, 0.1) is 5.41 Å². The summed E-state index contributed by atoms with van der Waals surface area (Å²) >= 11 is 0. The van der Waals surface area contributed by atoms with Gasteiger partial charge in [-0.2, -0.15) is 13.2 Å². The first-order valence-corrected chi connectivity index (χ1v) is 13.1. The van der Waals surface area contributed by atoms with Crippen molar-refractivity contribution in [3.8, 4) is 11.5 Å². The number of rotatable bonds is 8. The fourth-order valence-corrected chi connectivity index (χ4v) is 5.29. The van der Waals surface area contributed by atoms with Crippen LogP contribution in [0.25, 0.3) is 0 Å². The Kier molecular flexibility index (Phi) is 7.75. The molecular formula is C30H33F3N2O5. The molecule has 2 amide bonds. The fourth-order valence-electron chi connectivity index (χ4n) is 5.29. The number of nitrogens with one attached hydrogen (secondary N) is 1. The van der Waals surface area contributed by atoms with Crippen LogP contribution in [0.2, 0.25) is 0 Å². The van der Waals surface area contributed by atoms with Gasteiger partial charge in [0.15, 0.2) is 5.78 Å². The average Bonchev–Trinajstić information content (AvgIpc) is 3.10. The molecule has 0 saturated heterocycles. The Morgan fingerprint density at radius 2 is 1.60 bits per heavy atom. The number of ketones is 1. The van der Waals surface area contributed by atoms with Crippen molar-refractivity contribution in [2.75, 3.05) is 13.7 Å². The van der Waals surface area contributed by atoms with E-state index in [1.54, 1.807) is 38.1 Å². The normalized spacial score (nSPS) is 20.6. The summed E-state index contributed by atoms with van der Waals surface area (Å²) in [5.74, 6) is -2.24. The van der Waals surface area contributed by atoms with Gasteiger partial charge in [0.1, 0.15) is 11.5 Å². The number of methoxy groups -OCH3 is 1. The summed E-state index contributed by atoms with van der Waals surface area (Å²) in [4.78, 5) is 41.4. The minimum absolute atomic E-state index is 0.0121. The highest BCUT2D eigenvalue weighted by molar-refractivity contribution is 6.14. The van der Waals surface area contributed by atoms with E-state index >= 15 is 13.2 Å². The van der Waals surface area contributed by atoms with Crippen molar-refractivity contribution in [2.24, 2.45) is 5.41 Å². The molecule has 7 nitrogen and oxygen atoms in total. The predicted molar refractivity (Wildman–Crippen MR) is 142 cm³/mol. The van der Waals surface area contributed by atoms with Crippen molar-refractivity contribution in [3.63, 3.8) is 0 Å². The van der Waals surface area contributed by atoms with E-state index in [1.807, 2.05) is 19.2 Å². The van der Waals surface area contributed by atoms with E-state index < -0.39 is 40.3 Å². The van der Waals surface area contributed by atoms with Gasteiger partial charge in [0.05, 0.1) is 18.8 Å². The largest absolute Gasteiger partial charge is 0.497 e. The lowest BCUT2D eigenvalue weighted by atomic mass is 9.72. The molecule has 1 aliphatic heterocycles. The SMILES string of the molecule is COc1ccc(CCN2C(=O)C(NC(=O)c3ccc(OC(C)C)cc3)(C(F)(F)F)C3=C2CC(C)(C)CC3=O)cc1. The third-order valence-electron chi connectivity index (χ3n) is 7.12. The van der Waals surface area contributed by atoms with Crippen LogP contribution in [0.3, 0.4) is 0 Å². The number of ether oxygens (including phenoxy) is 2. The molecule has 214 valence electrons. The lowest BCUT2D eigenvalue weighted by molar-refractivity contribution is -0.190. The molecule has 1 unspecified atom stereocenters. The number of carbonyl (C=O) groups excluding carboxylic acids is 3. The Bertz CT molecular complexity index is 1330. The Morgan fingerprint density at radius 3 is 2.15 bits per heavy atom. The topological polar surface area (TPSA) is 84.9 Å². The number of nitrogens with zero attached hydrogens (tertiary/aromatic N) is 1. The second-order valence-electron chi connectivity index (χ2n) is 11.2. The molecule has 0 spiro atoms. The molecule has 2 aromatic rings. The molecule has 40 heavy (non-hydrogen) atoms. The molecule has 1 atom stereocenters. The fraction of sp³-hybridized carbons (Fsp3) is 0.433. The highest BCUT2D eigenvalue weighted by Gasteiger charge is 2.71. The number of halogens is 3. The van der Waals surface area contributed by atoms with Crippen LogP contribution in [-0.4, -0.2) is 54.0 Å². The monoisotopic (exact) mass is 558 g/mol. The summed E-state index contributed by atoms with van der Waals surface area (Å²) in [6.45, 7) is 7.07. The first-order valence-electron chi connectivity index (χ1n) is 13.1. The molecule has 1 heterocycles. The Hall–Kier alpha value is -3.82. The van der Waals surface area contributed by atoms with Crippen LogP contribution < -0.4 is 14.8 Å². The second kappa shape index (κ2) is 10.6. The zero-order valence-corrected chi connectivity index (χ0v) is 23.1. The zero-order chi connectivity index (χ0) is 29.5. The summed E-state index contributed by atoms with van der Waals surface area (Å²) in [6, 6.07) is 12.5.